The highest BCUT2D eigenvalue weighted by molar-refractivity contribution is 7.15. The Morgan fingerprint density at radius 1 is 0.651 bits per heavy atom. The normalized spacial score (nSPS) is 10.7. The van der Waals surface area contributed by atoms with Crippen LogP contribution in [0.4, 0.5) is 10.9 Å². The van der Waals surface area contributed by atoms with Crippen LogP contribution in [-0.2, 0) is 41.9 Å². The number of nitrogens with zero attached hydrogens (tertiary/aromatic N) is 4. The third-order valence-corrected chi connectivity index (χ3v) is 7.39. The molecule has 0 saturated carbocycles. The largest absolute Gasteiger partial charge is 0.489 e. The fourth-order valence-electron chi connectivity index (χ4n) is 4.35. The van der Waals surface area contributed by atoms with Gasteiger partial charge in [0.15, 0.2) is 5.82 Å². The molecule has 0 spiro atoms. The van der Waals surface area contributed by atoms with E-state index < -0.39 is 0 Å². The van der Waals surface area contributed by atoms with Crippen molar-refractivity contribution in [2.45, 2.75) is 45.1 Å². The molecule has 2 amide bonds. The van der Waals surface area contributed by atoms with E-state index in [4.69, 9.17) is 4.74 Å². The number of rotatable bonds is 14. The maximum Gasteiger partial charge on any atom is 0.230 e. The van der Waals surface area contributed by atoms with E-state index in [1.807, 2.05) is 91.0 Å². The highest BCUT2D eigenvalue weighted by atomic mass is 32.1. The fourth-order valence-corrected chi connectivity index (χ4v) is 5.15. The minimum absolute atomic E-state index is 0.126. The minimum atomic E-state index is -0.152. The van der Waals surface area contributed by atoms with Gasteiger partial charge in [-0.05, 0) is 60.2 Å². The molecule has 0 aliphatic rings. The molecule has 2 heterocycles. The summed E-state index contributed by atoms with van der Waals surface area (Å²) in [5.41, 5.74) is 3.75. The molecule has 5 aromatic rings. The summed E-state index contributed by atoms with van der Waals surface area (Å²) in [5.74, 6) is 0.887. The number of unbranched alkanes of at least 4 members (excludes halogenated alkanes) is 1. The summed E-state index contributed by atoms with van der Waals surface area (Å²) in [7, 11) is 0. The molecule has 0 unspecified atom stereocenters. The molecule has 0 radical (unpaired) electrons. The number of amides is 2. The number of nitrogens with one attached hydrogen (secondary N) is 2. The summed E-state index contributed by atoms with van der Waals surface area (Å²) >= 11 is 1.39. The first kappa shape index (κ1) is 29.5. The van der Waals surface area contributed by atoms with Crippen molar-refractivity contribution < 1.29 is 14.3 Å². The van der Waals surface area contributed by atoms with Gasteiger partial charge in [0.25, 0.3) is 0 Å². The van der Waals surface area contributed by atoms with Gasteiger partial charge in [0.05, 0.1) is 18.5 Å². The molecule has 218 valence electrons. The summed E-state index contributed by atoms with van der Waals surface area (Å²) < 4.78 is 5.87. The summed E-state index contributed by atoms with van der Waals surface area (Å²) in [6.45, 7) is 0.471. The summed E-state index contributed by atoms with van der Waals surface area (Å²) in [6, 6.07) is 30.7. The molecule has 2 N–H and O–H groups in total. The quantitative estimate of drug-likeness (QED) is 0.156. The standard InChI is InChI=1S/C33H32N6O3S/c40-30(21-24-10-3-1-4-11-24)34-29-19-18-27(36-37-29)15-7-8-17-32-38-39-33(43-32)35-31(41)22-26-14-9-16-28(20-26)42-23-25-12-5-2-6-13-25/h1-6,9-14,16,18-20H,7-8,15,17,21-23H2,(H,34,37,40)(H,35,39,41). The van der Waals surface area contributed by atoms with Gasteiger partial charge < -0.3 is 15.4 Å². The molecule has 0 aliphatic carbocycles. The number of ether oxygens (including phenoxy) is 1. The van der Waals surface area contributed by atoms with Crippen LogP contribution in [0.3, 0.4) is 0 Å². The van der Waals surface area contributed by atoms with Crippen LogP contribution < -0.4 is 15.4 Å². The number of aromatic nitrogens is 4. The molecule has 3 aromatic carbocycles. The van der Waals surface area contributed by atoms with Crippen molar-refractivity contribution in [1.82, 2.24) is 20.4 Å². The lowest BCUT2D eigenvalue weighted by Gasteiger charge is -2.08. The maximum absolute atomic E-state index is 12.6. The van der Waals surface area contributed by atoms with Gasteiger partial charge in [-0.3, -0.25) is 9.59 Å². The van der Waals surface area contributed by atoms with Crippen molar-refractivity contribution in [3.8, 4) is 5.75 Å². The van der Waals surface area contributed by atoms with Crippen LogP contribution in [0.5, 0.6) is 5.75 Å². The van der Waals surface area contributed by atoms with Crippen LogP contribution in [-0.4, -0.2) is 32.2 Å². The van der Waals surface area contributed by atoms with Crippen LogP contribution in [0.15, 0.2) is 97.1 Å². The zero-order chi connectivity index (χ0) is 29.7. The highest BCUT2D eigenvalue weighted by Gasteiger charge is 2.11. The number of aryl methyl sites for hydroxylation is 2. The Morgan fingerprint density at radius 3 is 2.12 bits per heavy atom. The van der Waals surface area contributed by atoms with Gasteiger partial charge in [0.2, 0.25) is 16.9 Å². The van der Waals surface area contributed by atoms with Gasteiger partial charge in [0, 0.05) is 6.42 Å². The molecule has 2 aromatic heterocycles. The number of hydrogen-bond acceptors (Lipinski definition) is 8. The fraction of sp³-hybridized carbons (Fsp3) is 0.212. The first-order valence-electron chi connectivity index (χ1n) is 14.1. The van der Waals surface area contributed by atoms with E-state index >= 15 is 0 Å². The molecule has 5 rings (SSSR count). The molecule has 43 heavy (non-hydrogen) atoms. The SMILES string of the molecule is O=C(Cc1ccccc1)Nc1ccc(CCCCc2nnc(NC(=O)Cc3cccc(OCc4ccccc4)c3)s2)nn1. The molecule has 0 aliphatic heterocycles. The third-order valence-electron chi connectivity index (χ3n) is 6.49. The van der Waals surface area contributed by atoms with Crippen LogP contribution in [0, 0.1) is 0 Å². The predicted octanol–water partition coefficient (Wildman–Crippen LogP) is 5.83. The monoisotopic (exact) mass is 592 g/mol. The van der Waals surface area contributed by atoms with E-state index in [1.165, 1.54) is 11.3 Å². The van der Waals surface area contributed by atoms with Crippen LogP contribution in [0.2, 0.25) is 0 Å². The number of benzene rings is 3. The van der Waals surface area contributed by atoms with Gasteiger partial charge in [-0.1, -0.05) is 84.1 Å². The maximum atomic E-state index is 12.6. The first-order valence-corrected chi connectivity index (χ1v) is 14.9. The van der Waals surface area contributed by atoms with E-state index in [0.717, 1.165) is 58.8 Å². The minimum Gasteiger partial charge on any atom is -0.489 e. The number of carbonyl (C=O) groups is 2. The molecule has 0 fully saturated rings. The lowest BCUT2D eigenvalue weighted by atomic mass is 10.1. The Kier molecular flexibility index (Phi) is 10.5. The van der Waals surface area contributed by atoms with Gasteiger partial charge in [-0.25, -0.2) is 0 Å². The average molecular weight is 593 g/mol. The first-order chi connectivity index (χ1) is 21.1. The van der Waals surface area contributed by atoms with Crippen LogP contribution >= 0.6 is 11.3 Å². The molecule has 9 nitrogen and oxygen atoms in total. The number of anilines is 2. The average Bonchev–Trinajstić information content (AvgIpc) is 3.47. The van der Waals surface area contributed by atoms with Crippen LogP contribution in [0.1, 0.15) is 40.2 Å². The zero-order valence-electron chi connectivity index (χ0n) is 23.6. The van der Waals surface area contributed by atoms with Crippen molar-refractivity contribution >= 4 is 34.1 Å². The predicted molar refractivity (Wildman–Crippen MR) is 167 cm³/mol. The van der Waals surface area contributed by atoms with E-state index in [2.05, 4.69) is 31.0 Å². The molecule has 0 saturated heterocycles. The Bertz CT molecular complexity index is 1610. The Labute approximate surface area is 254 Å². The van der Waals surface area contributed by atoms with Crippen molar-refractivity contribution in [1.29, 1.82) is 0 Å². The van der Waals surface area contributed by atoms with E-state index in [9.17, 15) is 9.59 Å². The molecule has 0 bridgehead atoms. The summed E-state index contributed by atoms with van der Waals surface area (Å²) in [4.78, 5) is 24.8. The summed E-state index contributed by atoms with van der Waals surface area (Å²) in [6.07, 6.45) is 3.83. The number of carbonyl (C=O) groups excluding carboxylic acids is 2. The second-order valence-electron chi connectivity index (χ2n) is 9.98. The van der Waals surface area contributed by atoms with Gasteiger partial charge in [-0.2, -0.15) is 5.10 Å². The lowest BCUT2D eigenvalue weighted by molar-refractivity contribution is -0.116. The Morgan fingerprint density at radius 2 is 1.35 bits per heavy atom. The molecule has 0 atom stereocenters. The lowest BCUT2D eigenvalue weighted by Crippen LogP contribution is -2.15. The molecular formula is C33H32N6O3S. The van der Waals surface area contributed by atoms with Crippen molar-refractivity contribution in [2.24, 2.45) is 0 Å². The van der Waals surface area contributed by atoms with Gasteiger partial charge >= 0.3 is 0 Å². The molecule has 10 heteroatoms. The van der Waals surface area contributed by atoms with Gasteiger partial charge in [-0.15, -0.1) is 15.3 Å². The van der Waals surface area contributed by atoms with Crippen molar-refractivity contribution in [3.05, 3.63) is 124 Å². The van der Waals surface area contributed by atoms with Gasteiger partial charge in [0.1, 0.15) is 17.4 Å². The molecular weight excluding hydrogens is 560 g/mol. The summed E-state index contributed by atoms with van der Waals surface area (Å²) in [5, 5.41) is 23.7. The van der Waals surface area contributed by atoms with Crippen LogP contribution in [0.25, 0.3) is 0 Å². The second-order valence-corrected chi connectivity index (χ2v) is 11.0. The van der Waals surface area contributed by atoms with E-state index in [0.29, 0.717) is 24.0 Å². The third kappa shape index (κ3) is 9.82. The second kappa shape index (κ2) is 15.3. The Hall–Kier alpha value is -4.96. The van der Waals surface area contributed by atoms with E-state index in [-0.39, 0.29) is 18.2 Å². The zero-order valence-corrected chi connectivity index (χ0v) is 24.4. The highest BCUT2D eigenvalue weighted by Crippen LogP contribution is 2.20. The van der Waals surface area contributed by atoms with E-state index in [1.54, 1.807) is 6.07 Å². The Balaban J connectivity index is 0.996. The number of hydrogen-bond donors (Lipinski definition) is 2. The van der Waals surface area contributed by atoms with Crippen molar-refractivity contribution in [2.75, 3.05) is 10.6 Å². The smallest absolute Gasteiger partial charge is 0.230 e. The topological polar surface area (TPSA) is 119 Å². The van der Waals surface area contributed by atoms with Crippen molar-refractivity contribution in [3.63, 3.8) is 0 Å².